The molecule has 5 aromatic heterocycles. The maximum absolute atomic E-state index is 4.70. The minimum Gasteiger partial charge on any atom is -0.340 e. The lowest BCUT2D eigenvalue weighted by Gasteiger charge is -2.06. The van der Waals surface area contributed by atoms with Crippen molar-refractivity contribution in [1.29, 1.82) is 0 Å². The summed E-state index contributed by atoms with van der Waals surface area (Å²) in [5.41, 5.74) is 8.13. The molecule has 0 amide bonds. The Kier molecular flexibility index (Phi) is 6.53. The maximum Gasteiger partial charge on any atom is 0.159 e. The van der Waals surface area contributed by atoms with Crippen LogP contribution in [0, 0.1) is 0 Å². The summed E-state index contributed by atoms with van der Waals surface area (Å²) in [6, 6.07) is 29.6. The van der Waals surface area contributed by atoms with Gasteiger partial charge in [-0.1, -0.05) is 37.6 Å². The van der Waals surface area contributed by atoms with Crippen LogP contribution in [0.3, 0.4) is 0 Å². The molecule has 0 fully saturated rings. The molecule has 0 aliphatic carbocycles. The molecule has 0 atom stereocenters. The second-order valence-electron chi connectivity index (χ2n) is 10.3. The van der Waals surface area contributed by atoms with Crippen LogP contribution in [0.5, 0.6) is 0 Å². The first-order chi connectivity index (χ1) is 20.2. The molecule has 0 saturated heterocycles. The highest BCUT2D eigenvalue weighted by molar-refractivity contribution is 6.09. The van der Waals surface area contributed by atoms with Crippen molar-refractivity contribution in [2.45, 2.75) is 26.3 Å². The molecule has 0 spiro atoms. The third-order valence-electron chi connectivity index (χ3n) is 7.51. The van der Waals surface area contributed by atoms with Crippen molar-refractivity contribution >= 4 is 68.2 Å². The number of hydrogen-bond donors (Lipinski definition) is 0. The van der Waals surface area contributed by atoms with Gasteiger partial charge in [0.1, 0.15) is 0 Å². The van der Waals surface area contributed by atoms with E-state index in [9.17, 15) is 0 Å². The lowest BCUT2D eigenvalue weighted by Crippen LogP contribution is -1.96. The second kappa shape index (κ2) is 10.8. The molecule has 2 aromatic carbocycles. The Morgan fingerprint density at radius 3 is 1.66 bits per heavy atom. The Morgan fingerprint density at radius 2 is 1.15 bits per heavy atom. The van der Waals surface area contributed by atoms with Crippen LogP contribution in [0.15, 0.2) is 97.3 Å². The molecular formula is C36H29N5. The number of nitrogens with zero attached hydrogens (tertiary/aromatic N) is 5. The van der Waals surface area contributed by atoms with Gasteiger partial charge in [-0.05, 0) is 102 Å². The molecule has 0 bridgehead atoms. The molecule has 7 rings (SSSR count). The highest BCUT2D eigenvalue weighted by atomic mass is 15.0. The zero-order chi connectivity index (χ0) is 27.6. The van der Waals surface area contributed by atoms with Gasteiger partial charge in [0.05, 0.1) is 11.4 Å². The largest absolute Gasteiger partial charge is 0.340 e. The predicted molar refractivity (Wildman–Crippen MR) is 171 cm³/mol. The van der Waals surface area contributed by atoms with Crippen LogP contribution in [0.25, 0.3) is 68.2 Å². The van der Waals surface area contributed by atoms with E-state index in [0.717, 1.165) is 64.0 Å². The van der Waals surface area contributed by atoms with Crippen LogP contribution in [0.4, 0.5) is 0 Å². The quantitative estimate of drug-likeness (QED) is 0.206. The van der Waals surface area contributed by atoms with E-state index in [0.29, 0.717) is 0 Å². The van der Waals surface area contributed by atoms with Crippen molar-refractivity contribution in [2.24, 2.45) is 0 Å². The van der Waals surface area contributed by atoms with Crippen molar-refractivity contribution in [3.05, 3.63) is 120 Å². The summed E-state index contributed by atoms with van der Waals surface area (Å²) in [5.74, 6) is 0. The monoisotopic (exact) mass is 531 g/mol. The molecule has 5 heteroatoms. The fourth-order valence-corrected chi connectivity index (χ4v) is 5.39. The average molecular weight is 532 g/mol. The van der Waals surface area contributed by atoms with Crippen LogP contribution in [0.1, 0.15) is 42.3 Å². The van der Waals surface area contributed by atoms with Crippen molar-refractivity contribution in [2.75, 3.05) is 0 Å². The Bertz CT molecular complexity index is 1950. The van der Waals surface area contributed by atoms with Gasteiger partial charge < -0.3 is 4.57 Å². The number of rotatable bonds is 7. The summed E-state index contributed by atoms with van der Waals surface area (Å²) >= 11 is 0. The van der Waals surface area contributed by atoms with Crippen LogP contribution >= 0.6 is 0 Å². The Hall–Kier alpha value is -5.16. The van der Waals surface area contributed by atoms with Crippen molar-refractivity contribution in [1.82, 2.24) is 24.5 Å². The van der Waals surface area contributed by atoms with Crippen LogP contribution in [-0.4, -0.2) is 24.5 Å². The van der Waals surface area contributed by atoms with Gasteiger partial charge in [0.25, 0.3) is 0 Å². The fourth-order valence-electron chi connectivity index (χ4n) is 5.39. The van der Waals surface area contributed by atoms with Crippen molar-refractivity contribution < 1.29 is 0 Å². The first-order valence-corrected chi connectivity index (χ1v) is 14.1. The Morgan fingerprint density at radius 1 is 0.610 bits per heavy atom. The molecule has 5 heterocycles. The first kappa shape index (κ1) is 24.9. The summed E-state index contributed by atoms with van der Waals surface area (Å²) in [4.78, 5) is 18.2. The van der Waals surface area contributed by atoms with Gasteiger partial charge in [-0.25, -0.2) is 19.9 Å². The Balaban J connectivity index is 1.26. The van der Waals surface area contributed by atoms with Gasteiger partial charge in [-0.15, -0.1) is 0 Å². The maximum atomic E-state index is 4.70. The van der Waals surface area contributed by atoms with E-state index >= 15 is 0 Å². The second-order valence-corrected chi connectivity index (χ2v) is 10.3. The number of aromatic nitrogens is 5. The van der Waals surface area contributed by atoms with E-state index in [1.807, 2.05) is 36.4 Å². The zero-order valence-electron chi connectivity index (χ0n) is 22.9. The molecule has 198 valence electrons. The van der Waals surface area contributed by atoms with E-state index in [4.69, 9.17) is 9.97 Å². The molecule has 0 N–H and O–H groups in total. The van der Waals surface area contributed by atoms with Gasteiger partial charge in [-0.3, -0.25) is 0 Å². The molecule has 5 nitrogen and oxygen atoms in total. The third kappa shape index (κ3) is 4.98. The first-order valence-electron chi connectivity index (χ1n) is 14.1. The predicted octanol–water partition coefficient (Wildman–Crippen LogP) is 8.82. The molecule has 7 aromatic rings. The number of hydrogen-bond acceptors (Lipinski definition) is 4. The zero-order valence-corrected chi connectivity index (χ0v) is 22.9. The number of pyridine rings is 4. The van der Waals surface area contributed by atoms with Crippen LogP contribution < -0.4 is 0 Å². The number of unbranched alkanes of at least 4 members (excludes halogenated alkanes) is 1. The lowest BCUT2D eigenvalue weighted by atomic mass is 10.1. The van der Waals surface area contributed by atoms with Crippen molar-refractivity contribution in [3.8, 4) is 0 Å². The highest BCUT2D eigenvalue weighted by Gasteiger charge is 2.11. The van der Waals surface area contributed by atoms with Crippen LogP contribution in [0.2, 0.25) is 0 Å². The summed E-state index contributed by atoms with van der Waals surface area (Å²) in [7, 11) is 0. The highest BCUT2D eigenvalue weighted by Crippen LogP contribution is 2.32. The number of aryl methyl sites for hydroxylation is 1. The van der Waals surface area contributed by atoms with Gasteiger partial charge in [-0.2, -0.15) is 0 Å². The van der Waals surface area contributed by atoms with Gasteiger partial charge in [0, 0.05) is 51.5 Å². The minimum atomic E-state index is 0.764. The molecule has 0 radical (unpaired) electrons. The number of fused-ring (bicyclic) bond motifs is 5. The SMILES string of the molecule is CCCCn1c2ccc(/C=C/c3ccc4cccnc4n3)cc2c2cc(/C=C/c3ccc4cccnc4n3)ccc21. The van der Waals surface area contributed by atoms with Gasteiger partial charge in [0.2, 0.25) is 0 Å². The average Bonchev–Trinajstić information content (AvgIpc) is 3.33. The van der Waals surface area contributed by atoms with E-state index in [1.54, 1.807) is 12.4 Å². The number of benzene rings is 2. The normalized spacial score (nSPS) is 12.1. The van der Waals surface area contributed by atoms with E-state index in [-0.39, 0.29) is 0 Å². The van der Waals surface area contributed by atoms with Crippen LogP contribution in [-0.2, 0) is 6.54 Å². The topological polar surface area (TPSA) is 56.5 Å². The summed E-state index contributed by atoms with van der Waals surface area (Å²) in [6.45, 7) is 3.25. The van der Waals surface area contributed by atoms with Gasteiger partial charge in [0.15, 0.2) is 11.3 Å². The van der Waals surface area contributed by atoms with E-state index in [2.05, 4.69) is 94.3 Å². The molecule has 0 aliphatic rings. The molecular weight excluding hydrogens is 502 g/mol. The molecule has 0 saturated carbocycles. The molecule has 0 unspecified atom stereocenters. The summed E-state index contributed by atoms with van der Waals surface area (Å²) in [5, 5.41) is 4.61. The lowest BCUT2D eigenvalue weighted by molar-refractivity contribution is 0.665. The fraction of sp³-hybridized carbons (Fsp3) is 0.111. The standard InChI is InChI=1S/C36H29N5/c1-2-3-22-41-33-18-10-25(8-14-29-16-12-27-6-4-20-37-35(27)39-29)23-31(33)32-24-26(11-19-34(32)41)9-15-30-17-13-28-7-5-21-38-36(28)40-30/h4-21,23-24H,2-3,22H2,1H3/b14-8+,15-9+. The van der Waals surface area contributed by atoms with Crippen molar-refractivity contribution in [3.63, 3.8) is 0 Å². The smallest absolute Gasteiger partial charge is 0.159 e. The third-order valence-corrected chi connectivity index (χ3v) is 7.51. The summed E-state index contributed by atoms with van der Waals surface area (Å²) in [6.07, 6.45) is 14.3. The Labute approximate surface area is 238 Å². The molecule has 0 aliphatic heterocycles. The molecule has 41 heavy (non-hydrogen) atoms. The summed E-state index contributed by atoms with van der Waals surface area (Å²) < 4.78 is 2.46. The van der Waals surface area contributed by atoms with E-state index < -0.39 is 0 Å². The minimum absolute atomic E-state index is 0.764. The van der Waals surface area contributed by atoms with E-state index in [1.165, 1.54) is 21.8 Å². The van der Waals surface area contributed by atoms with Gasteiger partial charge >= 0.3 is 0 Å².